The molecule has 0 unspecified atom stereocenters. The second kappa shape index (κ2) is 7.77. The number of fused-ring (bicyclic) bond motifs is 3. The first kappa shape index (κ1) is 20.7. The van der Waals surface area contributed by atoms with E-state index in [0.717, 1.165) is 16.6 Å². The van der Waals surface area contributed by atoms with Gasteiger partial charge < -0.3 is 18.9 Å². The Labute approximate surface area is 189 Å². The number of nitrogens with zero attached hydrogens (tertiary/aromatic N) is 5. The zero-order valence-electron chi connectivity index (χ0n) is 18.4. The summed E-state index contributed by atoms with van der Waals surface area (Å²) < 4.78 is 3.33. The quantitative estimate of drug-likeness (QED) is 0.357. The van der Waals surface area contributed by atoms with Crippen LogP contribution >= 0.6 is 0 Å². The van der Waals surface area contributed by atoms with E-state index in [4.69, 9.17) is 0 Å². The summed E-state index contributed by atoms with van der Waals surface area (Å²) in [7, 11) is 3.52. The maximum atomic E-state index is 13.6. The summed E-state index contributed by atoms with van der Waals surface area (Å²) in [5.74, 6) is -0.102. The Bertz CT molecular complexity index is 1460. The predicted octanol–water partition coefficient (Wildman–Crippen LogP) is 2.90. The van der Waals surface area contributed by atoms with Gasteiger partial charge in [0.2, 0.25) is 0 Å². The van der Waals surface area contributed by atoms with Crippen LogP contribution in [0.5, 0.6) is 0 Å². The number of aromatic nitrogens is 2. The van der Waals surface area contributed by atoms with Crippen LogP contribution in [0.2, 0.25) is 0 Å². The number of non-ortho nitro benzene ring substituents is 1. The van der Waals surface area contributed by atoms with Crippen LogP contribution in [0.4, 0.5) is 11.4 Å². The third-order valence-electron chi connectivity index (χ3n) is 6.44. The highest BCUT2D eigenvalue weighted by atomic mass is 16.6. The molecule has 2 aromatic carbocycles. The lowest BCUT2D eigenvalue weighted by atomic mass is 10.1. The van der Waals surface area contributed by atoms with Crippen LogP contribution < -0.4 is 10.5 Å². The van der Waals surface area contributed by atoms with Crippen molar-refractivity contribution < 1.29 is 9.72 Å². The molecule has 33 heavy (non-hydrogen) atoms. The number of rotatable bonds is 3. The minimum absolute atomic E-state index is 0.0568. The van der Waals surface area contributed by atoms with Crippen molar-refractivity contribution in [2.45, 2.75) is 0 Å². The molecular weight excluding hydrogens is 422 g/mol. The normalized spacial score (nSPS) is 14.2. The van der Waals surface area contributed by atoms with Crippen molar-refractivity contribution in [2.24, 2.45) is 14.1 Å². The van der Waals surface area contributed by atoms with Crippen LogP contribution in [0.15, 0.2) is 59.5 Å². The zero-order valence-corrected chi connectivity index (χ0v) is 18.4. The van der Waals surface area contributed by atoms with E-state index < -0.39 is 4.92 Å². The van der Waals surface area contributed by atoms with Crippen LogP contribution in [0.1, 0.15) is 10.4 Å². The van der Waals surface area contributed by atoms with Crippen molar-refractivity contribution >= 4 is 39.1 Å². The number of piperazine rings is 1. The fourth-order valence-corrected chi connectivity index (χ4v) is 4.69. The minimum Gasteiger partial charge on any atom is -0.368 e. The van der Waals surface area contributed by atoms with Gasteiger partial charge in [-0.15, -0.1) is 0 Å². The molecule has 1 amide bonds. The molecule has 0 atom stereocenters. The third kappa shape index (κ3) is 3.32. The molecule has 4 aromatic rings. The van der Waals surface area contributed by atoms with Crippen LogP contribution in [0, 0.1) is 10.1 Å². The van der Waals surface area contributed by atoms with E-state index in [1.54, 1.807) is 25.4 Å². The lowest BCUT2D eigenvalue weighted by Crippen LogP contribution is -2.49. The molecular formula is C24H23N5O4. The smallest absolute Gasteiger partial charge is 0.274 e. The molecule has 3 heterocycles. The number of pyridine rings is 1. The lowest BCUT2D eigenvalue weighted by Gasteiger charge is -2.36. The maximum Gasteiger partial charge on any atom is 0.274 e. The van der Waals surface area contributed by atoms with Gasteiger partial charge in [0.05, 0.1) is 10.5 Å². The van der Waals surface area contributed by atoms with E-state index in [1.807, 2.05) is 40.8 Å². The average molecular weight is 445 g/mol. The molecule has 0 aliphatic carbocycles. The second-order valence-corrected chi connectivity index (χ2v) is 8.31. The third-order valence-corrected chi connectivity index (χ3v) is 6.44. The second-order valence-electron chi connectivity index (χ2n) is 8.31. The molecule has 0 N–H and O–H groups in total. The summed E-state index contributed by atoms with van der Waals surface area (Å²) in [6.07, 6.45) is 1.64. The van der Waals surface area contributed by atoms with Gasteiger partial charge in [-0.25, -0.2) is 0 Å². The number of hydrogen-bond acceptors (Lipinski definition) is 5. The van der Waals surface area contributed by atoms with Crippen LogP contribution in [0.25, 0.3) is 21.8 Å². The fraction of sp³-hybridized carbons (Fsp3) is 0.250. The van der Waals surface area contributed by atoms with E-state index >= 15 is 0 Å². The van der Waals surface area contributed by atoms with E-state index in [9.17, 15) is 19.7 Å². The van der Waals surface area contributed by atoms with Crippen molar-refractivity contribution in [3.8, 4) is 0 Å². The van der Waals surface area contributed by atoms with Crippen molar-refractivity contribution in [3.63, 3.8) is 0 Å². The van der Waals surface area contributed by atoms with Gasteiger partial charge in [0.15, 0.2) is 0 Å². The van der Waals surface area contributed by atoms with Gasteiger partial charge in [-0.05, 0) is 18.2 Å². The van der Waals surface area contributed by atoms with Crippen LogP contribution in [0.3, 0.4) is 0 Å². The van der Waals surface area contributed by atoms with Gasteiger partial charge in [-0.3, -0.25) is 19.7 Å². The molecule has 2 aromatic heterocycles. The molecule has 0 bridgehead atoms. The first-order valence-corrected chi connectivity index (χ1v) is 10.7. The monoisotopic (exact) mass is 445 g/mol. The van der Waals surface area contributed by atoms with Gasteiger partial charge >= 0.3 is 0 Å². The number of amides is 1. The summed E-state index contributed by atoms with van der Waals surface area (Å²) in [4.78, 5) is 40.9. The molecule has 168 valence electrons. The summed E-state index contributed by atoms with van der Waals surface area (Å²) >= 11 is 0. The SMILES string of the molecule is Cn1cc(C(=O)N2CCN(c3ccc([N+](=O)[O-])cc3)CC2)c2c3ccccc3n(C)c2c1=O. The van der Waals surface area contributed by atoms with Crippen molar-refractivity contribution in [1.29, 1.82) is 0 Å². The van der Waals surface area contributed by atoms with E-state index in [0.29, 0.717) is 42.6 Å². The van der Waals surface area contributed by atoms with Crippen molar-refractivity contribution in [2.75, 3.05) is 31.1 Å². The van der Waals surface area contributed by atoms with Crippen LogP contribution in [-0.4, -0.2) is 51.0 Å². The minimum atomic E-state index is -0.415. The Morgan fingerprint density at radius 2 is 1.64 bits per heavy atom. The van der Waals surface area contributed by atoms with E-state index in [2.05, 4.69) is 4.90 Å². The number of anilines is 1. The first-order chi connectivity index (χ1) is 15.9. The Morgan fingerprint density at radius 3 is 2.30 bits per heavy atom. The molecule has 0 saturated carbocycles. The Kier molecular flexibility index (Phi) is 4.88. The number of carbonyl (C=O) groups is 1. The highest BCUT2D eigenvalue weighted by Gasteiger charge is 2.27. The van der Waals surface area contributed by atoms with Crippen LogP contribution in [-0.2, 0) is 14.1 Å². The standard InChI is InChI=1S/C24H23N5O4/c1-25-15-19(21-18-5-3-4-6-20(18)26(2)22(21)24(25)31)23(30)28-13-11-27(12-14-28)16-7-9-17(10-8-16)29(32)33/h3-10,15H,11-14H2,1-2H3. The van der Waals surface area contributed by atoms with Gasteiger partial charge in [0.1, 0.15) is 5.52 Å². The molecule has 1 aliphatic rings. The number of para-hydroxylation sites is 1. The Morgan fingerprint density at radius 1 is 0.970 bits per heavy atom. The fourth-order valence-electron chi connectivity index (χ4n) is 4.69. The average Bonchev–Trinajstić information content (AvgIpc) is 3.14. The largest absolute Gasteiger partial charge is 0.368 e. The number of carbonyl (C=O) groups excluding carboxylic acids is 1. The predicted molar refractivity (Wildman–Crippen MR) is 127 cm³/mol. The Hall–Kier alpha value is -4.14. The molecule has 0 spiro atoms. The van der Waals surface area contributed by atoms with Gasteiger partial charge in [-0.2, -0.15) is 0 Å². The van der Waals surface area contributed by atoms with Gasteiger partial charge in [0, 0.05) is 80.6 Å². The first-order valence-electron chi connectivity index (χ1n) is 10.7. The zero-order chi connectivity index (χ0) is 23.3. The van der Waals surface area contributed by atoms with E-state index in [-0.39, 0.29) is 17.2 Å². The molecule has 9 nitrogen and oxygen atoms in total. The van der Waals surface area contributed by atoms with E-state index in [1.165, 1.54) is 16.7 Å². The highest BCUT2D eigenvalue weighted by Crippen LogP contribution is 2.30. The number of aryl methyl sites for hydroxylation is 2. The maximum absolute atomic E-state index is 13.6. The molecule has 1 aliphatic heterocycles. The summed E-state index contributed by atoms with van der Waals surface area (Å²) in [5, 5.41) is 12.5. The summed E-state index contributed by atoms with van der Waals surface area (Å²) in [6.45, 7) is 2.28. The molecule has 0 radical (unpaired) electrons. The summed E-state index contributed by atoms with van der Waals surface area (Å²) in [6, 6.07) is 14.2. The topological polar surface area (TPSA) is 93.6 Å². The lowest BCUT2D eigenvalue weighted by molar-refractivity contribution is -0.384. The Balaban J connectivity index is 1.46. The number of nitro benzene ring substituents is 1. The molecule has 1 saturated heterocycles. The van der Waals surface area contributed by atoms with Crippen molar-refractivity contribution in [3.05, 3.63) is 80.8 Å². The highest BCUT2D eigenvalue weighted by molar-refractivity contribution is 6.17. The number of hydrogen-bond donors (Lipinski definition) is 0. The molecule has 1 fully saturated rings. The molecule has 9 heteroatoms. The number of benzene rings is 2. The van der Waals surface area contributed by atoms with Crippen molar-refractivity contribution in [1.82, 2.24) is 14.0 Å². The molecule has 5 rings (SSSR count). The van der Waals surface area contributed by atoms with Gasteiger partial charge in [0.25, 0.3) is 17.2 Å². The summed E-state index contributed by atoms with van der Waals surface area (Å²) in [5.41, 5.74) is 2.77. The van der Waals surface area contributed by atoms with Gasteiger partial charge in [-0.1, -0.05) is 18.2 Å². The number of nitro groups is 1.